The van der Waals surface area contributed by atoms with E-state index in [0.29, 0.717) is 65.9 Å². The van der Waals surface area contributed by atoms with Crippen molar-refractivity contribution in [3.05, 3.63) is 65.3 Å². The first kappa shape index (κ1) is 28.3. The number of carbonyl (C=O) groups excluding carboxylic acids is 2. The summed E-state index contributed by atoms with van der Waals surface area (Å²) in [4.78, 5) is 38.0. The number of methoxy groups -OCH3 is 1. The molecule has 2 aromatic carbocycles. The van der Waals surface area contributed by atoms with Crippen molar-refractivity contribution in [3.8, 4) is 17.2 Å². The maximum absolute atomic E-state index is 13.1. The molecule has 0 aliphatic carbocycles. The first-order chi connectivity index (χ1) is 19.8. The lowest BCUT2D eigenvalue weighted by molar-refractivity contribution is 0.0777. The molecule has 3 heterocycles. The number of fused-ring (bicyclic) bond motifs is 2. The largest absolute Gasteiger partial charge is 0.493 e. The molecule has 0 saturated carbocycles. The van der Waals surface area contributed by atoms with Gasteiger partial charge in [-0.2, -0.15) is 0 Å². The molecule has 9 heteroatoms. The highest BCUT2D eigenvalue weighted by Gasteiger charge is 2.33. The second-order valence-corrected chi connectivity index (χ2v) is 10.8. The van der Waals surface area contributed by atoms with Gasteiger partial charge in [0, 0.05) is 55.7 Å². The molecule has 2 unspecified atom stereocenters. The molecule has 2 saturated heterocycles. The van der Waals surface area contributed by atoms with E-state index in [1.807, 2.05) is 43.4 Å². The van der Waals surface area contributed by atoms with Crippen molar-refractivity contribution in [1.82, 2.24) is 9.80 Å². The molecular formula is C32H36N4O5. The maximum atomic E-state index is 13.1. The molecule has 9 nitrogen and oxygen atoms in total. The zero-order chi connectivity index (χ0) is 29.1. The number of nitrogens with zero attached hydrogens (tertiary/aromatic N) is 4. The van der Waals surface area contributed by atoms with Gasteiger partial charge in [-0.05, 0) is 44.5 Å². The van der Waals surface area contributed by atoms with Gasteiger partial charge in [0.25, 0.3) is 5.91 Å². The number of carbonyl (C=O) groups is 2. The van der Waals surface area contributed by atoms with Crippen LogP contribution < -0.4 is 14.2 Å². The van der Waals surface area contributed by atoms with Gasteiger partial charge in [0.2, 0.25) is 0 Å². The van der Waals surface area contributed by atoms with Crippen LogP contribution in [-0.4, -0.2) is 87.0 Å². The highest BCUT2D eigenvalue weighted by atomic mass is 16.5. The highest BCUT2D eigenvalue weighted by Crippen LogP contribution is 2.36. The third-order valence-corrected chi connectivity index (χ3v) is 7.63. The summed E-state index contributed by atoms with van der Waals surface area (Å²) in [6.07, 6.45) is 6.64. The van der Waals surface area contributed by atoms with E-state index in [2.05, 4.69) is 28.0 Å². The average molecular weight is 557 g/mol. The lowest BCUT2D eigenvalue weighted by Crippen LogP contribution is -2.35. The van der Waals surface area contributed by atoms with Gasteiger partial charge in [-0.25, -0.2) is 0 Å². The number of aliphatic imine (C=N–C) groups is 2. The minimum atomic E-state index is -0.0444. The minimum Gasteiger partial charge on any atom is -0.493 e. The molecule has 2 fully saturated rings. The standard InChI is InChI=1S/C32H36N4O5/c1-20-9-24(35(4)17-20)15-33-27-13-31(30(39-5)12-23(27)19-37)41-8-6-7-40-29-14-28-26(11-22(29)3)32(38)36-18-21(2)10-25(36)16-34-28/h11-16,19,24-25H,1-2,6-10,17-18H2,3-5H3/b33-15-. The van der Waals surface area contributed by atoms with Crippen LogP contribution in [0.1, 0.15) is 45.5 Å². The number of ether oxygens (including phenoxy) is 3. The summed E-state index contributed by atoms with van der Waals surface area (Å²) in [6, 6.07) is 7.16. The van der Waals surface area contributed by atoms with Gasteiger partial charge in [-0.1, -0.05) is 24.3 Å². The molecule has 0 bridgehead atoms. The molecule has 2 atom stereocenters. The van der Waals surface area contributed by atoms with Crippen LogP contribution >= 0.6 is 0 Å². The molecule has 3 aliphatic heterocycles. The van der Waals surface area contributed by atoms with E-state index in [9.17, 15) is 9.59 Å². The first-order valence-corrected chi connectivity index (χ1v) is 13.8. The normalized spacial score (nSPS) is 20.4. The van der Waals surface area contributed by atoms with Gasteiger partial charge in [0.1, 0.15) is 5.75 Å². The molecule has 0 aromatic heterocycles. The van der Waals surface area contributed by atoms with Crippen LogP contribution in [-0.2, 0) is 0 Å². The van der Waals surface area contributed by atoms with Gasteiger partial charge >= 0.3 is 0 Å². The van der Waals surface area contributed by atoms with E-state index in [1.165, 1.54) is 7.11 Å². The van der Waals surface area contributed by atoms with Gasteiger partial charge < -0.3 is 19.1 Å². The Labute approximate surface area is 240 Å². The van der Waals surface area contributed by atoms with Gasteiger partial charge in [0.15, 0.2) is 17.8 Å². The molecular weight excluding hydrogens is 520 g/mol. The highest BCUT2D eigenvalue weighted by molar-refractivity contribution is 6.03. The first-order valence-electron chi connectivity index (χ1n) is 13.8. The molecule has 0 radical (unpaired) electrons. The van der Waals surface area contributed by atoms with E-state index < -0.39 is 0 Å². The Balaban J connectivity index is 1.21. The van der Waals surface area contributed by atoms with Crippen LogP contribution in [0.2, 0.25) is 0 Å². The summed E-state index contributed by atoms with van der Waals surface area (Å²) in [5.74, 6) is 1.63. The van der Waals surface area contributed by atoms with E-state index in [0.717, 1.165) is 42.4 Å². The second kappa shape index (κ2) is 12.1. The fourth-order valence-electron chi connectivity index (χ4n) is 5.40. The molecule has 2 aromatic rings. The van der Waals surface area contributed by atoms with Gasteiger partial charge in [0.05, 0.1) is 43.3 Å². The van der Waals surface area contributed by atoms with Crippen molar-refractivity contribution in [2.45, 2.75) is 38.3 Å². The lowest BCUT2D eigenvalue weighted by Gasteiger charge is -2.20. The van der Waals surface area contributed by atoms with Crippen molar-refractivity contribution >= 4 is 36.0 Å². The molecule has 41 heavy (non-hydrogen) atoms. The number of rotatable bonds is 10. The summed E-state index contributed by atoms with van der Waals surface area (Å²) < 4.78 is 17.5. The number of aldehydes is 1. The monoisotopic (exact) mass is 556 g/mol. The van der Waals surface area contributed by atoms with Gasteiger partial charge in [-0.3, -0.25) is 24.5 Å². The van der Waals surface area contributed by atoms with E-state index >= 15 is 0 Å². The molecule has 1 amide bonds. The zero-order valence-corrected chi connectivity index (χ0v) is 23.9. The van der Waals surface area contributed by atoms with Crippen LogP contribution in [0.5, 0.6) is 17.2 Å². The Morgan fingerprint density at radius 2 is 1.80 bits per heavy atom. The Bertz CT molecular complexity index is 1450. The van der Waals surface area contributed by atoms with Crippen LogP contribution in [0.4, 0.5) is 11.4 Å². The molecule has 0 spiro atoms. The Morgan fingerprint density at radius 3 is 2.51 bits per heavy atom. The third-order valence-electron chi connectivity index (χ3n) is 7.63. The van der Waals surface area contributed by atoms with Crippen LogP contribution in [0.15, 0.2) is 58.6 Å². The van der Waals surface area contributed by atoms with Crippen LogP contribution in [0, 0.1) is 6.92 Å². The Morgan fingerprint density at radius 1 is 1.05 bits per heavy atom. The SMILES string of the molecule is C=C1CC(/C=N\c2cc(OCCCOc3cc4c(cc3C)C(=O)N3CC(=C)CC3C=N4)c(OC)cc2C=O)N(C)C1. The fourth-order valence-corrected chi connectivity index (χ4v) is 5.40. The van der Waals surface area contributed by atoms with E-state index in [4.69, 9.17) is 14.2 Å². The van der Waals surface area contributed by atoms with Crippen LogP contribution in [0.25, 0.3) is 0 Å². The van der Waals surface area contributed by atoms with Crippen molar-refractivity contribution in [2.75, 3.05) is 40.5 Å². The number of likely N-dealkylation sites (tertiary alicyclic amines) is 1. The maximum Gasteiger partial charge on any atom is 0.256 e. The zero-order valence-electron chi connectivity index (χ0n) is 23.9. The molecule has 5 rings (SSSR count). The number of aryl methyl sites for hydroxylation is 1. The van der Waals surface area contributed by atoms with E-state index in [1.54, 1.807) is 12.1 Å². The molecule has 214 valence electrons. The summed E-state index contributed by atoms with van der Waals surface area (Å²) in [7, 11) is 3.57. The second-order valence-electron chi connectivity index (χ2n) is 10.8. The smallest absolute Gasteiger partial charge is 0.256 e. The summed E-state index contributed by atoms with van der Waals surface area (Å²) in [6.45, 7) is 12.2. The predicted molar refractivity (Wildman–Crippen MR) is 160 cm³/mol. The minimum absolute atomic E-state index is 0.0248. The van der Waals surface area contributed by atoms with Crippen molar-refractivity contribution < 1.29 is 23.8 Å². The Kier molecular flexibility index (Phi) is 8.35. The Hall–Kier alpha value is -4.24. The summed E-state index contributed by atoms with van der Waals surface area (Å²) in [5.41, 5.74) is 5.23. The number of hydrogen-bond acceptors (Lipinski definition) is 8. The summed E-state index contributed by atoms with van der Waals surface area (Å²) >= 11 is 0. The number of likely N-dealkylation sites (N-methyl/N-ethyl adjacent to an activating group) is 1. The van der Waals surface area contributed by atoms with E-state index in [-0.39, 0.29) is 18.0 Å². The van der Waals surface area contributed by atoms with Crippen molar-refractivity contribution in [3.63, 3.8) is 0 Å². The number of benzene rings is 2. The predicted octanol–water partition coefficient (Wildman–Crippen LogP) is 5.11. The van der Waals surface area contributed by atoms with Crippen molar-refractivity contribution in [1.29, 1.82) is 0 Å². The quantitative estimate of drug-likeness (QED) is 0.175. The third kappa shape index (κ3) is 6.10. The fraction of sp³-hybridized carbons (Fsp3) is 0.375. The average Bonchev–Trinajstić information content (AvgIpc) is 3.46. The van der Waals surface area contributed by atoms with Crippen LogP contribution in [0.3, 0.4) is 0 Å². The topological polar surface area (TPSA) is 93.0 Å². The van der Waals surface area contributed by atoms with Gasteiger partial charge in [-0.15, -0.1) is 0 Å². The lowest BCUT2D eigenvalue weighted by atomic mass is 10.1. The summed E-state index contributed by atoms with van der Waals surface area (Å²) in [5, 5.41) is 0. The van der Waals surface area contributed by atoms with Crippen molar-refractivity contribution in [2.24, 2.45) is 9.98 Å². The molecule has 3 aliphatic rings. The molecule has 0 N–H and O–H groups in total. The number of hydrogen-bond donors (Lipinski definition) is 0. The number of amides is 1.